The SMILES string of the molecule is C#C.C[C@H]1CC(C(F)F)N(C)C1.c1ccccc1. The van der Waals surface area contributed by atoms with Crippen molar-refractivity contribution in [2.75, 3.05) is 13.6 Å². The summed E-state index contributed by atoms with van der Waals surface area (Å²) in [5.41, 5.74) is 0. The van der Waals surface area contributed by atoms with Crippen LogP contribution in [0, 0.1) is 18.8 Å². The first-order valence-electron chi connectivity index (χ1n) is 5.93. The normalized spacial score (nSPS) is 22.6. The highest BCUT2D eigenvalue weighted by molar-refractivity contribution is 4.99. The summed E-state index contributed by atoms with van der Waals surface area (Å²) in [5.74, 6) is 0.434. The maximum absolute atomic E-state index is 12.1. The number of hydrogen-bond donors (Lipinski definition) is 0. The minimum absolute atomic E-state index is 0.434. The molecule has 3 heteroatoms. The molecule has 1 nitrogen and oxygen atoms in total. The predicted octanol–water partition coefficient (Wildman–Crippen LogP) is 3.53. The van der Waals surface area contributed by atoms with Crippen molar-refractivity contribution in [1.82, 2.24) is 4.90 Å². The molecule has 0 N–H and O–H groups in total. The molecule has 100 valence electrons. The second-order valence-corrected chi connectivity index (χ2v) is 4.34. The molecule has 1 aromatic rings. The van der Waals surface area contributed by atoms with Crippen LogP contribution in [0.5, 0.6) is 0 Å². The summed E-state index contributed by atoms with van der Waals surface area (Å²) in [5, 5.41) is 0. The molecule has 1 aromatic carbocycles. The minimum atomic E-state index is -2.17. The van der Waals surface area contributed by atoms with Crippen LogP contribution in [-0.2, 0) is 0 Å². The quantitative estimate of drug-likeness (QED) is 0.692. The summed E-state index contributed by atoms with van der Waals surface area (Å²) < 4.78 is 24.2. The Kier molecular flexibility index (Phi) is 8.86. The smallest absolute Gasteiger partial charge is 0.253 e. The number of nitrogens with zero attached hydrogens (tertiary/aromatic N) is 1. The summed E-state index contributed by atoms with van der Waals surface area (Å²) >= 11 is 0. The van der Waals surface area contributed by atoms with E-state index in [1.54, 1.807) is 11.9 Å². The van der Waals surface area contributed by atoms with Crippen LogP contribution in [0.25, 0.3) is 0 Å². The van der Waals surface area contributed by atoms with E-state index >= 15 is 0 Å². The number of hydrogen-bond acceptors (Lipinski definition) is 1. The van der Waals surface area contributed by atoms with Crippen LogP contribution >= 0.6 is 0 Å². The third-order valence-electron chi connectivity index (χ3n) is 2.77. The summed E-state index contributed by atoms with van der Waals surface area (Å²) in [6.07, 6.45) is 6.48. The zero-order valence-corrected chi connectivity index (χ0v) is 11.0. The van der Waals surface area contributed by atoms with Crippen molar-refractivity contribution in [2.45, 2.75) is 25.8 Å². The summed E-state index contributed by atoms with van der Waals surface area (Å²) in [7, 11) is 1.76. The Balaban J connectivity index is 0.000000308. The van der Waals surface area contributed by atoms with Crippen molar-refractivity contribution in [2.24, 2.45) is 5.92 Å². The van der Waals surface area contributed by atoms with Crippen molar-refractivity contribution in [3.8, 4) is 12.8 Å². The second kappa shape index (κ2) is 9.61. The van der Waals surface area contributed by atoms with Gasteiger partial charge in [-0.3, -0.25) is 4.90 Å². The molecule has 0 radical (unpaired) electrons. The lowest BCUT2D eigenvalue weighted by atomic mass is 10.1. The Hall–Kier alpha value is -1.40. The summed E-state index contributed by atoms with van der Waals surface area (Å²) in [6.45, 7) is 2.83. The molecule has 2 atom stereocenters. The van der Waals surface area contributed by atoms with E-state index in [1.807, 2.05) is 43.3 Å². The fourth-order valence-corrected chi connectivity index (χ4v) is 1.97. The Morgan fingerprint density at radius 1 is 1.06 bits per heavy atom. The zero-order valence-electron chi connectivity index (χ0n) is 11.0. The van der Waals surface area contributed by atoms with E-state index in [2.05, 4.69) is 12.8 Å². The summed E-state index contributed by atoms with van der Waals surface area (Å²) in [4.78, 5) is 1.75. The number of terminal acetylenes is 1. The number of rotatable bonds is 1. The van der Waals surface area contributed by atoms with Crippen molar-refractivity contribution < 1.29 is 8.78 Å². The standard InChI is InChI=1S/C7H13F2N.C6H6.C2H2/c1-5-3-6(7(8)9)10(2)4-5;1-2-4-6-5-3-1;1-2/h5-7H,3-4H2,1-2H3;1-6H;1-2H/t5-,6?;;/m0../s1. The van der Waals surface area contributed by atoms with Gasteiger partial charge in [0.25, 0.3) is 6.43 Å². The van der Waals surface area contributed by atoms with Gasteiger partial charge >= 0.3 is 0 Å². The number of likely N-dealkylation sites (tertiary alicyclic amines) is 1. The van der Waals surface area contributed by atoms with Gasteiger partial charge in [0, 0.05) is 6.54 Å². The second-order valence-electron chi connectivity index (χ2n) is 4.34. The molecular formula is C15H21F2N. The van der Waals surface area contributed by atoms with Gasteiger partial charge in [-0.05, 0) is 19.4 Å². The predicted molar refractivity (Wildman–Crippen MR) is 72.5 cm³/mol. The Morgan fingerprint density at radius 2 is 1.44 bits per heavy atom. The first-order valence-corrected chi connectivity index (χ1v) is 5.93. The molecule has 0 amide bonds. The molecule has 0 spiro atoms. The average molecular weight is 253 g/mol. The first kappa shape index (κ1) is 16.6. The molecule has 1 unspecified atom stereocenters. The fourth-order valence-electron chi connectivity index (χ4n) is 1.97. The van der Waals surface area contributed by atoms with Gasteiger partial charge in [-0.25, -0.2) is 8.78 Å². The number of halogens is 2. The number of benzene rings is 1. The van der Waals surface area contributed by atoms with E-state index in [0.717, 1.165) is 6.54 Å². The highest BCUT2D eigenvalue weighted by Gasteiger charge is 2.32. The van der Waals surface area contributed by atoms with E-state index in [-0.39, 0.29) is 0 Å². The van der Waals surface area contributed by atoms with Gasteiger partial charge in [0.05, 0.1) is 6.04 Å². The zero-order chi connectivity index (χ0) is 14.0. The molecule has 0 bridgehead atoms. The highest BCUT2D eigenvalue weighted by atomic mass is 19.3. The van der Waals surface area contributed by atoms with Gasteiger partial charge in [-0.15, -0.1) is 12.8 Å². The third-order valence-corrected chi connectivity index (χ3v) is 2.77. The van der Waals surface area contributed by atoms with E-state index < -0.39 is 12.5 Å². The van der Waals surface area contributed by atoms with Crippen molar-refractivity contribution in [1.29, 1.82) is 0 Å². The minimum Gasteiger partial charge on any atom is -0.298 e. The van der Waals surface area contributed by atoms with E-state index in [9.17, 15) is 8.78 Å². The maximum atomic E-state index is 12.1. The fraction of sp³-hybridized carbons (Fsp3) is 0.467. The van der Waals surface area contributed by atoms with Crippen LogP contribution in [0.2, 0.25) is 0 Å². The van der Waals surface area contributed by atoms with Gasteiger partial charge in [-0.2, -0.15) is 0 Å². The van der Waals surface area contributed by atoms with Crippen LogP contribution in [0.3, 0.4) is 0 Å². The Morgan fingerprint density at radius 3 is 1.61 bits per heavy atom. The van der Waals surface area contributed by atoms with Crippen LogP contribution in [0.1, 0.15) is 13.3 Å². The molecule has 0 saturated carbocycles. The Bertz CT molecular complexity index is 284. The van der Waals surface area contributed by atoms with E-state index in [0.29, 0.717) is 12.3 Å². The van der Waals surface area contributed by atoms with Crippen LogP contribution in [0.15, 0.2) is 36.4 Å². The lowest BCUT2D eigenvalue weighted by Gasteiger charge is -2.17. The van der Waals surface area contributed by atoms with Gasteiger partial charge in [0.15, 0.2) is 0 Å². The molecule has 18 heavy (non-hydrogen) atoms. The van der Waals surface area contributed by atoms with E-state index in [1.165, 1.54) is 0 Å². The third kappa shape index (κ3) is 6.36. The van der Waals surface area contributed by atoms with Gasteiger partial charge in [0.1, 0.15) is 0 Å². The molecule has 1 saturated heterocycles. The van der Waals surface area contributed by atoms with Crippen molar-refractivity contribution in [3.05, 3.63) is 36.4 Å². The molecule has 1 fully saturated rings. The lowest BCUT2D eigenvalue weighted by Crippen LogP contribution is -2.31. The molecule has 1 aliphatic rings. The van der Waals surface area contributed by atoms with Gasteiger partial charge in [0.2, 0.25) is 0 Å². The maximum Gasteiger partial charge on any atom is 0.253 e. The molecule has 1 aliphatic heterocycles. The molecule has 0 aliphatic carbocycles. The molecule has 2 rings (SSSR count). The van der Waals surface area contributed by atoms with Crippen molar-refractivity contribution in [3.63, 3.8) is 0 Å². The van der Waals surface area contributed by atoms with Crippen LogP contribution < -0.4 is 0 Å². The highest BCUT2D eigenvalue weighted by Crippen LogP contribution is 2.25. The van der Waals surface area contributed by atoms with Crippen LogP contribution in [0.4, 0.5) is 8.78 Å². The van der Waals surface area contributed by atoms with Crippen molar-refractivity contribution >= 4 is 0 Å². The van der Waals surface area contributed by atoms with Crippen LogP contribution in [-0.4, -0.2) is 31.0 Å². The average Bonchev–Trinajstić information content (AvgIpc) is 2.74. The molecule has 1 heterocycles. The van der Waals surface area contributed by atoms with Gasteiger partial charge in [-0.1, -0.05) is 43.3 Å². The largest absolute Gasteiger partial charge is 0.298 e. The molecule has 0 aromatic heterocycles. The van der Waals surface area contributed by atoms with Gasteiger partial charge < -0.3 is 0 Å². The lowest BCUT2D eigenvalue weighted by molar-refractivity contribution is 0.0588. The first-order chi connectivity index (χ1) is 8.61. The number of alkyl halides is 2. The topological polar surface area (TPSA) is 3.24 Å². The van der Waals surface area contributed by atoms with E-state index in [4.69, 9.17) is 0 Å². The summed E-state index contributed by atoms with van der Waals surface area (Å²) in [6, 6.07) is 11.5. The monoisotopic (exact) mass is 253 g/mol. The molecular weight excluding hydrogens is 232 g/mol. The Labute approximate surface area is 109 Å².